The molecule has 0 aliphatic heterocycles. The molecule has 0 spiro atoms. The minimum absolute atomic E-state index is 0.0427. The van der Waals surface area contributed by atoms with Crippen molar-refractivity contribution in [3.8, 4) is 5.69 Å². The highest BCUT2D eigenvalue weighted by atomic mass is 16.2. The molecule has 25 heavy (non-hydrogen) atoms. The standard InChI is InChI=1S/C20H22N4O/c1-22(2)18-11-9-16(10-12-18)14-23(3)20(25)17-13-21-24(15-17)19-7-5-4-6-8-19/h4-13,15H,14H2,1-3H3. The molecule has 0 N–H and O–H groups in total. The van der Waals surface area contributed by atoms with Gasteiger partial charge in [-0.25, -0.2) is 4.68 Å². The maximum atomic E-state index is 12.6. The third-order valence-electron chi connectivity index (χ3n) is 4.07. The molecule has 5 heteroatoms. The number of benzene rings is 2. The Morgan fingerprint density at radius 3 is 2.32 bits per heavy atom. The van der Waals surface area contributed by atoms with Crippen molar-refractivity contribution in [3.05, 3.63) is 78.1 Å². The number of carbonyl (C=O) groups is 1. The van der Waals surface area contributed by atoms with Gasteiger partial charge in [0.05, 0.1) is 17.4 Å². The second-order valence-electron chi connectivity index (χ2n) is 6.23. The van der Waals surface area contributed by atoms with Gasteiger partial charge in [-0.3, -0.25) is 4.79 Å². The van der Waals surface area contributed by atoms with Crippen LogP contribution in [0.4, 0.5) is 5.69 Å². The van der Waals surface area contributed by atoms with Crippen LogP contribution in [0.2, 0.25) is 0 Å². The molecule has 1 aromatic heterocycles. The first kappa shape index (κ1) is 16.8. The third kappa shape index (κ3) is 3.88. The second-order valence-corrected chi connectivity index (χ2v) is 6.23. The Balaban J connectivity index is 1.69. The molecule has 2 aromatic carbocycles. The quantitative estimate of drug-likeness (QED) is 0.719. The van der Waals surface area contributed by atoms with Gasteiger partial charge in [-0.05, 0) is 29.8 Å². The number of para-hydroxylation sites is 1. The summed E-state index contributed by atoms with van der Waals surface area (Å²) in [6.07, 6.45) is 3.38. The summed E-state index contributed by atoms with van der Waals surface area (Å²) < 4.78 is 1.72. The van der Waals surface area contributed by atoms with Gasteiger partial charge >= 0.3 is 0 Å². The number of rotatable bonds is 5. The normalized spacial score (nSPS) is 10.5. The summed E-state index contributed by atoms with van der Waals surface area (Å²) in [5.41, 5.74) is 3.75. The van der Waals surface area contributed by atoms with Gasteiger partial charge in [0.15, 0.2) is 0 Å². The number of amides is 1. The van der Waals surface area contributed by atoms with E-state index in [4.69, 9.17) is 0 Å². The van der Waals surface area contributed by atoms with Crippen LogP contribution in [0.1, 0.15) is 15.9 Å². The number of aromatic nitrogens is 2. The van der Waals surface area contributed by atoms with E-state index in [0.717, 1.165) is 16.9 Å². The molecule has 0 atom stereocenters. The topological polar surface area (TPSA) is 41.4 Å². The lowest BCUT2D eigenvalue weighted by Gasteiger charge is -2.17. The molecular weight excluding hydrogens is 312 g/mol. The van der Waals surface area contributed by atoms with Crippen molar-refractivity contribution in [1.29, 1.82) is 0 Å². The van der Waals surface area contributed by atoms with Crippen LogP contribution >= 0.6 is 0 Å². The Hall–Kier alpha value is -3.08. The average molecular weight is 334 g/mol. The highest BCUT2D eigenvalue weighted by Gasteiger charge is 2.14. The fourth-order valence-corrected chi connectivity index (χ4v) is 2.62. The van der Waals surface area contributed by atoms with Gasteiger partial charge < -0.3 is 9.80 Å². The lowest BCUT2D eigenvalue weighted by atomic mass is 10.2. The van der Waals surface area contributed by atoms with Crippen molar-refractivity contribution in [2.24, 2.45) is 0 Å². The van der Waals surface area contributed by atoms with Crippen molar-refractivity contribution in [2.45, 2.75) is 6.54 Å². The summed E-state index contributed by atoms with van der Waals surface area (Å²) in [5, 5.41) is 4.29. The zero-order valence-electron chi connectivity index (χ0n) is 14.8. The Bertz CT molecular complexity index is 838. The van der Waals surface area contributed by atoms with Gasteiger partial charge in [-0.15, -0.1) is 0 Å². The van der Waals surface area contributed by atoms with E-state index in [2.05, 4.69) is 22.1 Å². The van der Waals surface area contributed by atoms with E-state index in [1.165, 1.54) is 0 Å². The van der Waals surface area contributed by atoms with E-state index in [9.17, 15) is 4.79 Å². The first-order chi connectivity index (χ1) is 12.0. The first-order valence-corrected chi connectivity index (χ1v) is 8.16. The zero-order chi connectivity index (χ0) is 17.8. The molecular formula is C20H22N4O. The first-order valence-electron chi connectivity index (χ1n) is 8.16. The van der Waals surface area contributed by atoms with Gasteiger partial charge in [-0.1, -0.05) is 30.3 Å². The molecule has 0 unspecified atom stereocenters. The number of anilines is 1. The van der Waals surface area contributed by atoms with Crippen LogP contribution in [0, 0.1) is 0 Å². The minimum atomic E-state index is -0.0427. The van der Waals surface area contributed by atoms with Gasteiger partial charge in [0.2, 0.25) is 0 Å². The third-order valence-corrected chi connectivity index (χ3v) is 4.07. The molecule has 0 radical (unpaired) electrons. The Morgan fingerprint density at radius 1 is 1.00 bits per heavy atom. The highest BCUT2D eigenvalue weighted by Crippen LogP contribution is 2.15. The fraction of sp³-hybridized carbons (Fsp3) is 0.200. The van der Waals surface area contributed by atoms with Crippen LogP contribution < -0.4 is 4.90 Å². The second kappa shape index (κ2) is 7.21. The van der Waals surface area contributed by atoms with E-state index in [1.54, 1.807) is 22.0 Å². The molecule has 0 fully saturated rings. The molecule has 3 rings (SSSR count). The van der Waals surface area contributed by atoms with Gasteiger partial charge in [-0.2, -0.15) is 5.10 Å². The van der Waals surface area contributed by atoms with Crippen molar-refractivity contribution >= 4 is 11.6 Å². The SMILES string of the molecule is CN(Cc1ccc(N(C)C)cc1)C(=O)c1cnn(-c2ccccc2)c1. The van der Waals surface area contributed by atoms with Crippen LogP contribution in [0.15, 0.2) is 67.0 Å². The van der Waals surface area contributed by atoms with Crippen molar-refractivity contribution < 1.29 is 4.79 Å². The zero-order valence-corrected chi connectivity index (χ0v) is 14.8. The Morgan fingerprint density at radius 2 is 1.68 bits per heavy atom. The summed E-state index contributed by atoms with van der Waals surface area (Å²) >= 11 is 0. The summed E-state index contributed by atoms with van der Waals surface area (Å²) in [5.74, 6) is -0.0427. The average Bonchev–Trinajstić information content (AvgIpc) is 3.12. The fourth-order valence-electron chi connectivity index (χ4n) is 2.62. The molecule has 1 amide bonds. The lowest BCUT2D eigenvalue weighted by Crippen LogP contribution is -2.25. The molecule has 0 saturated carbocycles. The maximum Gasteiger partial charge on any atom is 0.257 e. The van der Waals surface area contributed by atoms with E-state index < -0.39 is 0 Å². The molecule has 5 nitrogen and oxygen atoms in total. The monoisotopic (exact) mass is 334 g/mol. The van der Waals surface area contributed by atoms with E-state index in [0.29, 0.717) is 12.1 Å². The molecule has 3 aromatic rings. The molecule has 0 saturated heterocycles. The van der Waals surface area contributed by atoms with E-state index >= 15 is 0 Å². The number of carbonyl (C=O) groups excluding carboxylic acids is 1. The van der Waals surface area contributed by atoms with Crippen LogP contribution in [-0.2, 0) is 6.54 Å². The number of hydrogen-bond acceptors (Lipinski definition) is 3. The summed E-state index contributed by atoms with van der Waals surface area (Å²) in [4.78, 5) is 16.4. The highest BCUT2D eigenvalue weighted by molar-refractivity contribution is 5.93. The minimum Gasteiger partial charge on any atom is -0.378 e. The molecule has 0 bridgehead atoms. The number of nitrogens with zero attached hydrogens (tertiary/aromatic N) is 4. The Labute approximate surface area is 148 Å². The summed E-state index contributed by atoms with van der Waals surface area (Å²) in [6, 6.07) is 18.0. The molecule has 0 aliphatic rings. The van der Waals surface area contributed by atoms with Crippen molar-refractivity contribution in [2.75, 3.05) is 26.0 Å². The smallest absolute Gasteiger partial charge is 0.257 e. The van der Waals surface area contributed by atoms with Gasteiger partial charge in [0.1, 0.15) is 0 Å². The van der Waals surface area contributed by atoms with E-state index in [1.807, 2.05) is 63.6 Å². The summed E-state index contributed by atoms with van der Waals surface area (Å²) in [6.45, 7) is 0.559. The number of hydrogen-bond donors (Lipinski definition) is 0. The van der Waals surface area contributed by atoms with Crippen LogP contribution in [-0.4, -0.2) is 41.7 Å². The Kier molecular flexibility index (Phi) is 4.84. The lowest BCUT2D eigenvalue weighted by molar-refractivity contribution is 0.0785. The van der Waals surface area contributed by atoms with Crippen molar-refractivity contribution in [3.63, 3.8) is 0 Å². The molecule has 0 aliphatic carbocycles. The van der Waals surface area contributed by atoms with Crippen LogP contribution in [0.3, 0.4) is 0 Å². The van der Waals surface area contributed by atoms with Crippen molar-refractivity contribution in [1.82, 2.24) is 14.7 Å². The maximum absolute atomic E-state index is 12.6. The van der Waals surface area contributed by atoms with Crippen LogP contribution in [0.5, 0.6) is 0 Å². The predicted molar refractivity (Wildman–Crippen MR) is 100 cm³/mol. The van der Waals surface area contributed by atoms with E-state index in [-0.39, 0.29) is 5.91 Å². The molecule has 1 heterocycles. The molecule has 128 valence electrons. The van der Waals surface area contributed by atoms with Crippen LogP contribution in [0.25, 0.3) is 5.69 Å². The van der Waals surface area contributed by atoms with Gasteiger partial charge in [0, 0.05) is 39.6 Å². The predicted octanol–water partition coefficient (Wildman–Crippen LogP) is 3.21. The largest absolute Gasteiger partial charge is 0.378 e. The summed E-state index contributed by atoms with van der Waals surface area (Å²) in [7, 11) is 5.83. The van der Waals surface area contributed by atoms with Gasteiger partial charge in [0.25, 0.3) is 5.91 Å².